The van der Waals surface area contributed by atoms with Crippen LogP contribution in [0.1, 0.15) is 23.0 Å². The first-order valence-electron chi connectivity index (χ1n) is 7.13. The lowest BCUT2D eigenvalue weighted by molar-refractivity contribution is 0.0467. The molecule has 0 saturated carbocycles. The zero-order valence-corrected chi connectivity index (χ0v) is 14.2. The van der Waals surface area contributed by atoms with Crippen molar-refractivity contribution in [2.24, 2.45) is 0 Å². The Balaban J connectivity index is 1.66. The highest BCUT2D eigenvalue weighted by Gasteiger charge is 2.13. The number of carbonyl (C=O) groups excluding carboxylic acids is 1. The fourth-order valence-corrected chi connectivity index (χ4v) is 3.41. The van der Waals surface area contributed by atoms with E-state index in [1.54, 1.807) is 16.7 Å². The Morgan fingerprint density at radius 2 is 2.00 bits per heavy atom. The Hall–Kier alpha value is -2.18. The van der Waals surface area contributed by atoms with Gasteiger partial charge in [-0.3, -0.25) is 0 Å². The first-order valence-corrected chi connectivity index (χ1v) is 8.95. The number of thiophene rings is 1. The summed E-state index contributed by atoms with van der Waals surface area (Å²) in [7, 11) is 0. The summed E-state index contributed by atoms with van der Waals surface area (Å²) < 4.78 is 10.7. The molecule has 0 aliphatic carbocycles. The largest absolute Gasteiger partial charge is 0.494 e. The van der Waals surface area contributed by atoms with Crippen molar-refractivity contribution >= 4 is 28.6 Å². The molecule has 3 aromatic rings. The van der Waals surface area contributed by atoms with Crippen molar-refractivity contribution in [3.05, 3.63) is 57.7 Å². The maximum absolute atomic E-state index is 12.0. The lowest BCUT2D eigenvalue weighted by atomic mass is 10.2. The van der Waals surface area contributed by atoms with E-state index in [9.17, 15) is 4.79 Å². The van der Waals surface area contributed by atoms with Gasteiger partial charge in [-0.15, -0.1) is 11.3 Å². The van der Waals surface area contributed by atoms with Gasteiger partial charge in [-0.1, -0.05) is 0 Å². The number of thiazole rings is 1. The molecule has 118 valence electrons. The first-order chi connectivity index (χ1) is 11.3. The van der Waals surface area contributed by atoms with Gasteiger partial charge >= 0.3 is 5.97 Å². The Morgan fingerprint density at radius 1 is 1.17 bits per heavy atom. The van der Waals surface area contributed by atoms with Crippen molar-refractivity contribution in [3.8, 4) is 16.3 Å². The fraction of sp³-hybridized carbons (Fsp3) is 0.176. The quantitative estimate of drug-likeness (QED) is 0.611. The van der Waals surface area contributed by atoms with Gasteiger partial charge in [-0.05, 0) is 48.0 Å². The van der Waals surface area contributed by atoms with Crippen LogP contribution < -0.4 is 4.74 Å². The van der Waals surface area contributed by atoms with E-state index < -0.39 is 5.97 Å². The molecule has 1 aromatic carbocycles. The van der Waals surface area contributed by atoms with Crippen LogP contribution in [-0.4, -0.2) is 17.6 Å². The van der Waals surface area contributed by atoms with Gasteiger partial charge in [0.1, 0.15) is 17.4 Å². The van der Waals surface area contributed by atoms with E-state index in [1.165, 1.54) is 11.3 Å². The van der Waals surface area contributed by atoms with Crippen LogP contribution >= 0.6 is 22.7 Å². The van der Waals surface area contributed by atoms with E-state index in [-0.39, 0.29) is 6.61 Å². The number of ether oxygens (including phenoxy) is 2. The van der Waals surface area contributed by atoms with Crippen LogP contribution in [0.4, 0.5) is 0 Å². The summed E-state index contributed by atoms with van der Waals surface area (Å²) in [4.78, 5) is 16.4. The minimum absolute atomic E-state index is 0.276. The molecular weight excluding hydrogens is 330 g/mol. The molecule has 0 bridgehead atoms. The molecule has 0 aliphatic rings. The second kappa shape index (κ2) is 7.39. The van der Waals surface area contributed by atoms with Crippen LogP contribution in [0, 0.1) is 0 Å². The molecule has 0 N–H and O–H groups in total. The minimum Gasteiger partial charge on any atom is -0.494 e. The number of rotatable bonds is 6. The third kappa shape index (κ3) is 3.97. The number of hydrogen-bond donors (Lipinski definition) is 0. The second-order valence-corrected chi connectivity index (χ2v) is 6.34. The summed E-state index contributed by atoms with van der Waals surface area (Å²) in [6.45, 7) is 2.86. The Kier molecular flexibility index (Phi) is 5.05. The smallest absolute Gasteiger partial charge is 0.358 e. The molecule has 0 radical (unpaired) electrons. The highest BCUT2D eigenvalue weighted by molar-refractivity contribution is 7.13. The molecule has 0 aliphatic heterocycles. The normalized spacial score (nSPS) is 10.5. The highest BCUT2D eigenvalue weighted by Crippen LogP contribution is 2.26. The maximum Gasteiger partial charge on any atom is 0.358 e. The number of esters is 1. The molecule has 0 atom stereocenters. The van der Waals surface area contributed by atoms with Crippen LogP contribution in [0.5, 0.6) is 5.75 Å². The number of carbonyl (C=O) groups is 1. The predicted octanol–water partition coefficient (Wildman–Crippen LogP) is 4.63. The zero-order valence-electron chi connectivity index (χ0n) is 12.5. The van der Waals surface area contributed by atoms with Gasteiger partial charge < -0.3 is 9.47 Å². The molecule has 4 nitrogen and oxygen atoms in total. The molecule has 0 saturated heterocycles. The Labute approximate surface area is 142 Å². The molecule has 0 fully saturated rings. The van der Waals surface area contributed by atoms with Crippen LogP contribution in [0.25, 0.3) is 10.6 Å². The summed E-state index contributed by atoms with van der Waals surface area (Å²) >= 11 is 3.00. The third-order valence-electron chi connectivity index (χ3n) is 3.08. The molecule has 23 heavy (non-hydrogen) atoms. The van der Waals surface area contributed by atoms with Crippen LogP contribution in [0.3, 0.4) is 0 Å². The van der Waals surface area contributed by atoms with Crippen molar-refractivity contribution < 1.29 is 14.3 Å². The van der Waals surface area contributed by atoms with Gasteiger partial charge in [0, 0.05) is 16.5 Å². The lowest BCUT2D eigenvalue weighted by Crippen LogP contribution is -2.05. The maximum atomic E-state index is 12.0. The van der Waals surface area contributed by atoms with E-state index in [2.05, 4.69) is 4.98 Å². The van der Waals surface area contributed by atoms with E-state index in [0.717, 1.165) is 21.9 Å². The van der Waals surface area contributed by atoms with Crippen molar-refractivity contribution in [1.82, 2.24) is 4.98 Å². The predicted molar refractivity (Wildman–Crippen MR) is 92.2 cm³/mol. The van der Waals surface area contributed by atoms with Gasteiger partial charge in [-0.25, -0.2) is 9.78 Å². The number of benzene rings is 1. The third-order valence-corrected chi connectivity index (χ3v) is 4.70. The molecule has 6 heteroatoms. The summed E-state index contributed by atoms with van der Waals surface area (Å²) in [6.07, 6.45) is 0. The van der Waals surface area contributed by atoms with Gasteiger partial charge in [0.15, 0.2) is 5.69 Å². The fourth-order valence-electron chi connectivity index (χ4n) is 1.96. The van der Waals surface area contributed by atoms with Crippen molar-refractivity contribution in [2.45, 2.75) is 13.5 Å². The molecule has 2 aromatic heterocycles. The average Bonchev–Trinajstić information content (AvgIpc) is 3.25. The van der Waals surface area contributed by atoms with Crippen molar-refractivity contribution in [2.75, 3.05) is 6.61 Å². The lowest BCUT2D eigenvalue weighted by Gasteiger charge is -2.03. The van der Waals surface area contributed by atoms with E-state index in [4.69, 9.17) is 9.47 Å². The standard InChI is InChI=1S/C17H15NO3S2/c1-2-20-14-5-3-13(4-6-14)16-18-15(11-23-16)17(19)21-9-12-7-8-22-10-12/h3-8,10-11H,2,9H2,1H3. The van der Waals surface area contributed by atoms with Gasteiger partial charge in [0.2, 0.25) is 0 Å². The van der Waals surface area contributed by atoms with Gasteiger partial charge in [0.05, 0.1) is 6.61 Å². The Bertz CT molecular complexity index is 764. The minimum atomic E-state index is -0.398. The number of nitrogens with zero attached hydrogens (tertiary/aromatic N) is 1. The van der Waals surface area contributed by atoms with E-state index >= 15 is 0 Å². The van der Waals surface area contributed by atoms with Crippen LogP contribution in [0.15, 0.2) is 46.5 Å². The molecule has 2 heterocycles. The summed E-state index contributed by atoms with van der Waals surface area (Å²) in [5, 5.41) is 6.42. The summed E-state index contributed by atoms with van der Waals surface area (Å²) in [5.74, 6) is 0.424. The summed E-state index contributed by atoms with van der Waals surface area (Å²) in [6, 6.07) is 9.60. The SMILES string of the molecule is CCOc1ccc(-c2nc(C(=O)OCc3ccsc3)cs2)cc1. The highest BCUT2D eigenvalue weighted by atomic mass is 32.1. The van der Waals surface area contributed by atoms with Gasteiger partial charge in [-0.2, -0.15) is 11.3 Å². The topological polar surface area (TPSA) is 48.4 Å². The van der Waals surface area contributed by atoms with Crippen molar-refractivity contribution in [3.63, 3.8) is 0 Å². The van der Waals surface area contributed by atoms with E-state index in [0.29, 0.717) is 12.3 Å². The number of aromatic nitrogens is 1. The van der Waals surface area contributed by atoms with Crippen LogP contribution in [0.2, 0.25) is 0 Å². The summed E-state index contributed by atoms with van der Waals surface area (Å²) in [5.41, 5.74) is 2.29. The first kappa shape index (κ1) is 15.7. The average molecular weight is 345 g/mol. The van der Waals surface area contributed by atoms with Gasteiger partial charge in [0.25, 0.3) is 0 Å². The second-order valence-electron chi connectivity index (χ2n) is 4.70. The number of hydrogen-bond acceptors (Lipinski definition) is 6. The molecule has 3 rings (SSSR count). The Morgan fingerprint density at radius 3 is 2.70 bits per heavy atom. The van der Waals surface area contributed by atoms with E-state index in [1.807, 2.05) is 48.0 Å². The monoisotopic (exact) mass is 345 g/mol. The molecule has 0 unspecified atom stereocenters. The zero-order chi connectivity index (χ0) is 16.1. The van der Waals surface area contributed by atoms with Crippen molar-refractivity contribution in [1.29, 1.82) is 0 Å². The molecule has 0 spiro atoms. The molecular formula is C17H15NO3S2. The van der Waals surface area contributed by atoms with Crippen LogP contribution in [-0.2, 0) is 11.3 Å². The molecule has 0 amide bonds.